The van der Waals surface area contributed by atoms with Crippen molar-refractivity contribution < 1.29 is 9.53 Å². The number of hydrogen-bond acceptors (Lipinski definition) is 11. The van der Waals surface area contributed by atoms with E-state index in [1.54, 1.807) is 12.4 Å². The fraction of sp³-hybridized carbons (Fsp3) is 0.565. The number of nitrogen functional groups attached to an aromatic ring is 1. The molecule has 36 heavy (non-hydrogen) atoms. The van der Waals surface area contributed by atoms with Gasteiger partial charge in [-0.15, -0.1) is 0 Å². The van der Waals surface area contributed by atoms with Crippen LogP contribution in [0.3, 0.4) is 0 Å². The van der Waals surface area contributed by atoms with Gasteiger partial charge in [0.1, 0.15) is 0 Å². The van der Waals surface area contributed by atoms with Crippen LogP contribution in [-0.4, -0.2) is 99.3 Å². The number of nitrogens with zero attached hydrogens (tertiary/aromatic N) is 9. The van der Waals surface area contributed by atoms with Gasteiger partial charge in [0.15, 0.2) is 22.8 Å². The molecule has 3 aromatic rings. The summed E-state index contributed by atoms with van der Waals surface area (Å²) in [5, 5.41) is 0. The Bertz CT molecular complexity index is 1240. The second kappa shape index (κ2) is 9.47. The standard InChI is InChI=1S/C23H31N11O2/c24-11-17(35)31-3-5-33(6-4-31)23-28-18-20(32-7-9-36-10-8-32)29-19(16-12-26-22(25)27-13-16)30-21(18)34(23)14-15-1-2-15/h12-13,15H,1-11,14,24H2,(H2,25,26,27). The van der Waals surface area contributed by atoms with Crippen molar-refractivity contribution >= 4 is 34.8 Å². The van der Waals surface area contributed by atoms with E-state index >= 15 is 0 Å². The first-order valence-corrected chi connectivity index (χ1v) is 12.5. The number of anilines is 3. The van der Waals surface area contributed by atoms with E-state index in [4.69, 9.17) is 31.2 Å². The summed E-state index contributed by atoms with van der Waals surface area (Å²) >= 11 is 0. The monoisotopic (exact) mass is 493 g/mol. The van der Waals surface area contributed by atoms with Crippen LogP contribution in [0.1, 0.15) is 12.8 Å². The van der Waals surface area contributed by atoms with Crippen LogP contribution in [0.15, 0.2) is 12.4 Å². The first kappa shape index (κ1) is 22.9. The number of carbonyl (C=O) groups is 1. The van der Waals surface area contributed by atoms with Crippen LogP contribution in [0.2, 0.25) is 0 Å². The molecule has 3 aliphatic rings. The number of morpholine rings is 1. The molecular weight excluding hydrogens is 462 g/mol. The molecule has 0 spiro atoms. The molecule has 6 rings (SSSR count). The lowest BCUT2D eigenvalue weighted by Crippen LogP contribution is -2.51. The number of fused-ring (bicyclic) bond motifs is 1. The molecule has 0 atom stereocenters. The van der Waals surface area contributed by atoms with Crippen LogP contribution in [-0.2, 0) is 16.1 Å². The van der Waals surface area contributed by atoms with Crippen molar-refractivity contribution in [2.24, 2.45) is 11.7 Å². The number of hydrogen-bond donors (Lipinski definition) is 2. The van der Waals surface area contributed by atoms with Gasteiger partial charge in [0.05, 0.1) is 25.3 Å². The molecule has 3 aromatic heterocycles. The highest BCUT2D eigenvalue weighted by Crippen LogP contribution is 2.36. The van der Waals surface area contributed by atoms with Gasteiger partial charge in [0, 0.05) is 58.2 Å². The Labute approximate surface area is 208 Å². The second-order valence-electron chi connectivity index (χ2n) is 9.51. The van der Waals surface area contributed by atoms with E-state index < -0.39 is 0 Å². The number of imidazole rings is 1. The van der Waals surface area contributed by atoms with Crippen molar-refractivity contribution in [3.05, 3.63) is 12.4 Å². The molecule has 0 radical (unpaired) electrons. The summed E-state index contributed by atoms with van der Waals surface area (Å²) in [5.74, 6) is 3.03. The number of carbonyl (C=O) groups excluding carboxylic acids is 1. The number of amides is 1. The summed E-state index contributed by atoms with van der Waals surface area (Å²) in [6.07, 6.45) is 5.72. The lowest BCUT2D eigenvalue weighted by Gasteiger charge is -2.35. The minimum absolute atomic E-state index is 0.0167. The lowest BCUT2D eigenvalue weighted by atomic mass is 10.3. The van der Waals surface area contributed by atoms with Gasteiger partial charge >= 0.3 is 0 Å². The lowest BCUT2D eigenvalue weighted by molar-refractivity contribution is -0.129. The van der Waals surface area contributed by atoms with Crippen molar-refractivity contribution in [2.45, 2.75) is 19.4 Å². The zero-order valence-electron chi connectivity index (χ0n) is 20.2. The van der Waals surface area contributed by atoms with Crippen LogP contribution in [0, 0.1) is 5.92 Å². The van der Waals surface area contributed by atoms with E-state index in [0.717, 1.165) is 42.6 Å². The topological polar surface area (TPSA) is 157 Å². The van der Waals surface area contributed by atoms with Crippen molar-refractivity contribution in [1.29, 1.82) is 0 Å². The second-order valence-corrected chi connectivity index (χ2v) is 9.51. The largest absolute Gasteiger partial charge is 0.378 e. The molecule has 1 amide bonds. The fourth-order valence-corrected chi connectivity index (χ4v) is 4.81. The minimum Gasteiger partial charge on any atom is -0.378 e. The first-order valence-electron chi connectivity index (χ1n) is 12.5. The Kier molecular flexibility index (Phi) is 6.01. The van der Waals surface area contributed by atoms with E-state index in [1.165, 1.54) is 12.8 Å². The average Bonchev–Trinajstić information content (AvgIpc) is 3.68. The Morgan fingerprint density at radius 1 is 0.972 bits per heavy atom. The number of rotatable bonds is 6. The third-order valence-corrected chi connectivity index (χ3v) is 7.02. The third kappa shape index (κ3) is 4.39. The Morgan fingerprint density at radius 2 is 1.69 bits per heavy atom. The summed E-state index contributed by atoms with van der Waals surface area (Å²) in [6, 6.07) is 0. The molecule has 2 aliphatic heterocycles. The van der Waals surface area contributed by atoms with Crippen molar-refractivity contribution in [1.82, 2.24) is 34.4 Å². The predicted octanol–water partition coefficient (Wildman–Crippen LogP) is -0.281. The van der Waals surface area contributed by atoms with Gasteiger partial charge in [-0.05, 0) is 18.8 Å². The summed E-state index contributed by atoms with van der Waals surface area (Å²) in [7, 11) is 0. The zero-order chi connectivity index (χ0) is 24.6. The van der Waals surface area contributed by atoms with Crippen molar-refractivity contribution in [3.63, 3.8) is 0 Å². The van der Waals surface area contributed by atoms with Gasteiger partial charge in [-0.3, -0.25) is 9.36 Å². The van der Waals surface area contributed by atoms with Gasteiger partial charge in [-0.1, -0.05) is 0 Å². The molecule has 0 unspecified atom stereocenters. The molecule has 5 heterocycles. The Balaban J connectivity index is 1.45. The van der Waals surface area contributed by atoms with Gasteiger partial charge in [0.2, 0.25) is 17.8 Å². The maximum absolute atomic E-state index is 12.1. The molecule has 13 heteroatoms. The molecule has 0 bridgehead atoms. The Morgan fingerprint density at radius 3 is 2.36 bits per heavy atom. The van der Waals surface area contributed by atoms with E-state index in [0.29, 0.717) is 56.7 Å². The maximum atomic E-state index is 12.1. The molecule has 1 aliphatic carbocycles. The van der Waals surface area contributed by atoms with E-state index in [-0.39, 0.29) is 18.4 Å². The van der Waals surface area contributed by atoms with Crippen LogP contribution < -0.4 is 21.3 Å². The van der Waals surface area contributed by atoms with Gasteiger partial charge in [0.25, 0.3) is 0 Å². The van der Waals surface area contributed by atoms with Gasteiger partial charge in [-0.25, -0.2) is 24.9 Å². The van der Waals surface area contributed by atoms with Crippen molar-refractivity contribution in [3.8, 4) is 11.4 Å². The fourth-order valence-electron chi connectivity index (χ4n) is 4.81. The Hall–Kier alpha value is -3.58. The quantitative estimate of drug-likeness (QED) is 0.465. The number of aromatic nitrogens is 6. The molecule has 4 N–H and O–H groups in total. The molecular formula is C23H31N11O2. The van der Waals surface area contributed by atoms with Crippen LogP contribution in [0.4, 0.5) is 17.7 Å². The molecule has 13 nitrogen and oxygen atoms in total. The van der Waals surface area contributed by atoms with Crippen LogP contribution in [0.25, 0.3) is 22.6 Å². The average molecular weight is 494 g/mol. The van der Waals surface area contributed by atoms with Gasteiger partial charge in [-0.2, -0.15) is 0 Å². The smallest absolute Gasteiger partial charge is 0.236 e. The SMILES string of the molecule is NCC(=O)N1CCN(c2nc3c(N4CCOCC4)nc(-c4cnc(N)nc4)nc3n2CC2CC2)CC1. The third-order valence-electron chi connectivity index (χ3n) is 7.02. The highest BCUT2D eigenvalue weighted by molar-refractivity contribution is 5.88. The van der Waals surface area contributed by atoms with Crippen LogP contribution >= 0.6 is 0 Å². The number of ether oxygens (including phenoxy) is 1. The normalized spacial score (nSPS) is 18.8. The predicted molar refractivity (Wildman–Crippen MR) is 134 cm³/mol. The molecule has 2 saturated heterocycles. The summed E-state index contributed by atoms with van der Waals surface area (Å²) in [6.45, 7) is 6.26. The highest BCUT2D eigenvalue weighted by Gasteiger charge is 2.31. The highest BCUT2D eigenvalue weighted by atomic mass is 16.5. The maximum Gasteiger partial charge on any atom is 0.236 e. The molecule has 1 saturated carbocycles. The molecule has 190 valence electrons. The van der Waals surface area contributed by atoms with Crippen molar-refractivity contribution in [2.75, 3.05) is 74.6 Å². The van der Waals surface area contributed by atoms with Crippen LogP contribution in [0.5, 0.6) is 0 Å². The molecule has 3 fully saturated rings. The van der Waals surface area contributed by atoms with Gasteiger partial charge < -0.3 is 30.9 Å². The zero-order valence-corrected chi connectivity index (χ0v) is 20.2. The van der Waals surface area contributed by atoms with E-state index in [9.17, 15) is 4.79 Å². The number of piperazine rings is 1. The first-order chi connectivity index (χ1) is 17.6. The molecule has 0 aromatic carbocycles. The number of nitrogens with two attached hydrogens (primary N) is 2. The summed E-state index contributed by atoms with van der Waals surface area (Å²) < 4.78 is 7.83. The summed E-state index contributed by atoms with van der Waals surface area (Å²) in [5.41, 5.74) is 13.6. The van der Waals surface area contributed by atoms with E-state index in [1.807, 2.05) is 4.90 Å². The summed E-state index contributed by atoms with van der Waals surface area (Å²) in [4.78, 5) is 41.7. The minimum atomic E-state index is -0.0167. The van der Waals surface area contributed by atoms with E-state index in [2.05, 4.69) is 24.3 Å².